The molecule has 1 rings (SSSR count). The zero-order valence-electron chi connectivity index (χ0n) is 6.38. The van der Waals surface area contributed by atoms with Crippen LogP contribution in [0.25, 0.3) is 0 Å². The molecule has 6 nitrogen and oxygen atoms in total. The maximum absolute atomic E-state index is 10.3. The fraction of sp³-hybridized carbons (Fsp3) is 1.00. The van der Waals surface area contributed by atoms with Crippen LogP contribution >= 0.6 is 7.82 Å². The average Bonchev–Trinajstić information content (AvgIpc) is 2.30. The lowest BCUT2D eigenvalue weighted by atomic mass is 10.2. The summed E-state index contributed by atoms with van der Waals surface area (Å²) in [7, 11) is -4.36. The number of nitrogens with one attached hydrogen (secondary N) is 1. The van der Waals surface area contributed by atoms with E-state index in [-0.39, 0.29) is 12.6 Å². The summed E-state index contributed by atoms with van der Waals surface area (Å²) in [5.41, 5.74) is 0. The summed E-state index contributed by atoms with van der Waals surface area (Å²) in [5, 5.41) is 11.9. The van der Waals surface area contributed by atoms with E-state index in [0.717, 1.165) is 0 Å². The van der Waals surface area contributed by atoms with Crippen LogP contribution in [0, 0.1) is 0 Å². The van der Waals surface area contributed by atoms with Gasteiger partial charge in [0.25, 0.3) is 0 Å². The fourth-order valence-corrected chi connectivity index (χ4v) is 1.49. The van der Waals surface area contributed by atoms with Gasteiger partial charge in [-0.2, -0.15) is 0 Å². The first-order valence-corrected chi connectivity index (χ1v) is 5.12. The van der Waals surface area contributed by atoms with Crippen molar-refractivity contribution in [3.63, 3.8) is 0 Å². The lowest BCUT2D eigenvalue weighted by Gasteiger charge is -2.10. The molecule has 0 amide bonds. The number of hydrogen-bond donors (Lipinski definition) is 4. The number of rotatable bonds is 3. The summed E-state index contributed by atoms with van der Waals surface area (Å²) >= 11 is 0. The minimum absolute atomic E-state index is 0.0681. The van der Waals surface area contributed by atoms with Crippen molar-refractivity contribution in [1.82, 2.24) is 5.32 Å². The van der Waals surface area contributed by atoms with Crippen LogP contribution in [0.3, 0.4) is 0 Å². The van der Waals surface area contributed by atoms with Gasteiger partial charge in [0.05, 0.1) is 12.7 Å². The highest BCUT2D eigenvalue weighted by atomic mass is 31.2. The summed E-state index contributed by atoms with van der Waals surface area (Å²) in [6, 6.07) is -0.160. The van der Waals surface area contributed by atoms with Crippen LogP contribution in [0.5, 0.6) is 0 Å². The van der Waals surface area contributed by atoms with Crippen LogP contribution in [0.15, 0.2) is 0 Å². The molecule has 1 heterocycles. The molecule has 12 heavy (non-hydrogen) atoms. The molecule has 2 atom stereocenters. The minimum atomic E-state index is -4.36. The first-order valence-electron chi connectivity index (χ1n) is 3.59. The van der Waals surface area contributed by atoms with Gasteiger partial charge in [-0.1, -0.05) is 0 Å². The van der Waals surface area contributed by atoms with Gasteiger partial charge < -0.3 is 20.2 Å². The maximum Gasteiger partial charge on any atom is 0.469 e. The van der Waals surface area contributed by atoms with Crippen molar-refractivity contribution in [3.8, 4) is 0 Å². The number of phosphoric acid groups is 1. The van der Waals surface area contributed by atoms with Gasteiger partial charge in [-0.15, -0.1) is 0 Å². The molecule has 4 N–H and O–H groups in total. The van der Waals surface area contributed by atoms with E-state index in [1.807, 2.05) is 0 Å². The molecule has 7 heteroatoms. The van der Waals surface area contributed by atoms with Crippen LogP contribution in [0.2, 0.25) is 0 Å². The molecule has 1 aliphatic rings. The third-order valence-electron chi connectivity index (χ3n) is 1.64. The minimum Gasteiger partial charge on any atom is -0.392 e. The predicted octanol–water partition coefficient (Wildman–Crippen LogP) is -1.18. The Labute approximate surface area is 69.8 Å². The SMILES string of the molecule is O=P(O)(O)OC[C@@H]1C[C@@H](O)CN1. The quantitative estimate of drug-likeness (QED) is 0.425. The standard InChI is InChI=1S/C5H12NO5P/c7-5-1-4(6-2-5)3-11-12(8,9)10/h4-7H,1-3H2,(H2,8,9,10)/t4-,5+/m0/s1. The molecule has 1 saturated heterocycles. The summed E-state index contributed by atoms with van der Waals surface area (Å²) in [4.78, 5) is 16.7. The second-order valence-corrected chi connectivity index (χ2v) is 4.02. The van der Waals surface area contributed by atoms with Gasteiger partial charge in [0, 0.05) is 12.6 Å². The van der Waals surface area contributed by atoms with Crippen molar-refractivity contribution in [2.24, 2.45) is 0 Å². The average molecular weight is 197 g/mol. The van der Waals surface area contributed by atoms with Crippen molar-refractivity contribution < 1.29 is 24.0 Å². The Balaban J connectivity index is 2.21. The van der Waals surface area contributed by atoms with Crippen molar-refractivity contribution in [1.29, 1.82) is 0 Å². The first-order chi connectivity index (χ1) is 5.47. The Bertz CT molecular complexity index is 192. The van der Waals surface area contributed by atoms with Crippen LogP contribution in [0.1, 0.15) is 6.42 Å². The molecule has 0 aromatic carbocycles. The number of aliphatic hydroxyl groups is 1. The molecule has 1 fully saturated rings. The molecule has 0 aliphatic carbocycles. The molecule has 0 aromatic rings. The highest BCUT2D eigenvalue weighted by molar-refractivity contribution is 7.46. The van der Waals surface area contributed by atoms with Gasteiger partial charge in [0.2, 0.25) is 0 Å². The molecule has 0 bridgehead atoms. The van der Waals surface area contributed by atoms with E-state index in [9.17, 15) is 4.57 Å². The van der Waals surface area contributed by atoms with E-state index in [1.165, 1.54) is 0 Å². The lowest BCUT2D eigenvalue weighted by molar-refractivity contribution is 0.166. The van der Waals surface area contributed by atoms with Gasteiger partial charge in [-0.25, -0.2) is 4.57 Å². The Morgan fingerprint density at radius 2 is 2.25 bits per heavy atom. The Morgan fingerprint density at radius 1 is 1.58 bits per heavy atom. The van der Waals surface area contributed by atoms with Gasteiger partial charge in [0.1, 0.15) is 0 Å². The largest absolute Gasteiger partial charge is 0.469 e. The lowest BCUT2D eigenvalue weighted by Crippen LogP contribution is -2.26. The van der Waals surface area contributed by atoms with E-state index < -0.39 is 13.9 Å². The highest BCUT2D eigenvalue weighted by Crippen LogP contribution is 2.36. The van der Waals surface area contributed by atoms with Crippen molar-refractivity contribution in [2.75, 3.05) is 13.2 Å². The number of β-amino-alcohol motifs (C(OH)–C–C–N with tert-alkyl or cyclic N) is 1. The molecular formula is C5H12NO5P. The Morgan fingerprint density at radius 3 is 2.67 bits per heavy atom. The second kappa shape index (κ2) is 3.83. The van der Waals surface area contributed by atoms with E-state index in [4.69, 9.17) is 14.9 Å². The zero-order chi connectivity index (χ0) is 9.19. The van der Waals surface area contributed by atoms with Crippen molar-refractivity contribution >= 4 is 7.82 Å². The topological polar surface area (TPSA) is 99.0 Å². The highest BCUT2D eigenvalue weighted by Gasteiger charge is 2.25. The molecule has 1 aliphatic heterocycles. The number of hydrogen-bond acceptors (Lipinski definition) is 4. The monoisotopic (exact) mass is 197 g/mol. The molecule has 0 aromatic heterocycles. The molecule has 0 saturated carbocycles. The summed E-state index contributed by atoms with van der Waals surface area (Å²) in [6.07, 6.45) is 0.0374. The number of aliphatic hydroxyl groups excluding tert-OH is 1. The third kappa shape index (κ3) is 3.62. The van der Waals surface area contributed by atoms with Gasteiger partial charge in [-0.3, -0.25) is 4.52 Å². The normalized spacial score (nSPS) is 30.9. The van der Waals surface area contributed by atoms with E-state index in [2.05, 4.69) is 9.84 Å². The Hall–Kier alpha value is 0.0300. The Kier molecular flexibility index (Phi) is 3.22. The fourth-order valence-electron chi connectivity index (χ4n) is 1.11. The zero-order valence-corrected chi connectivity index (χ0v) is 7.28. The molecular weight excluding hydrogens is 185 g/mol. The van der Waals surface area contributed by atoms with Crippen LogP contribution in [0.4, 0.5) is 0 Å². The van der Waals surface area contributed by atoms with Crippen molar-refractivity contribution in [2.45, 2.75) is 18.6 Å². The van der Waals surface area contributed by atoms with Crippen LogP contribution in [-0.4, -0.2) is 40.2 Å². The van der Waals surface area contributed by atoms with Crippen LogP contribution in [-0.2, 0) is 9.09 Å². The van der Waals surface area contributed by atoms with Crippen LogP contribution < -0.4 is 5.32 Å². The van der Waals surface area contributed by atoms with Gasteiger partial charge in [-0.05, 0) is 6.42 Å². The first kappa shape index (κ1) is 10.1. The smallest absolute Gasteiger partial charge is 0.392 e. The maximum atomic E-state index is 10.3. The molecule has 72 valence electrons. The molecule has 0 spiro atoms. The predicted molar refractivity (Wildman–Crippen MR) is 40.4 cm³/mol. The van der Waals surface area contributed by atoms with Gasteiger partial charge >= 0.3 is 7.82 Å². The van der Waals surface area contributed by atoms with Crippen molar-refractivity contribution in [3.05, 3.63) is 0 Å². The molecule has 0 radical (unpaired) electrons. The van der Waals surface area contributed by atoms with Gasteiger partial charge in [0.15, 0.2) is 0 Å². The summed E-state index contributed by atoms with van der Waals surface area (Å²) in [6.45, 7) is 0.385. The molecule has 0 unspecified atom stereocenters. The van der Waals surface area contributed by atoms with E-state index >= 15 is 0 Å². The summed E-state index contributed by atoms with van der Waals surface area (Å²) < 4.78 is 14.5. The second-order valence-electron chi connectivity index (χ2n) is 2.78. The van der Waals surface area contributed by atoms with E-state index in [1.54, 1.807) is 0 Å². The summed E-state index contributed by atoms with van der Waals surface area (Å²) in [5.74, 6) is 0. The van der Waals surface area contributed by atoms with E-state index in [0.29, 0.717) is 13.0 Å². The third-order valence-corrected chi connectivity index (χ3v) is 2.13. The number of phosphoric ester groups is 1.